The number of hydrogen-bond acceptors (Lipinski definition) is 3. The van der Waals surface area contributed by atoms with Crippen molar-refractivity contribution in [2.45, 2.75) is 13.5 Å². The van der Waals surface area contributed by atoms with E-state index in [1.54, 1.807) is 50.4 Å². The monoisotopic (exact) mass is 496 g/mol. The van der Waals surface area contributed by atoms with Gasteiger partial charge in [0.15, 0.2) is 5.96 Å². The molecule has 0 fully saturated rings. The van der Waals surface area contributed by atoms with Gasteiger partial charge >= 0.3 is 0 Å². The average molecular weight is 496 g/mol. The molecule has 0 saturated heterocycles. The molecule has 1 heterocycles. The number of imide groups is 1. The maximum Gasteiger partial charge on any atom is 0.261 e. The predicted molar refractivity (Wildman–Crippen MR) is 117 cm³/mol. The van der Waals surface area contributed by atoms with Gasteiger partial charge in [-0.1, -0.05) is 24.3 Å². The maximum absolute atomic E-state index is 13.3. The number of benzene rings is 2. The highest BCUT2D eigenvalue weighted by Gasteiger charge is 2.34. The Balaban J connectivity index is 0.00000280. The summed E-state index contributed by atoms with van der Waals surface area (Å²) in [5, 5.41) is 6.20. The van der Waals surface area contributed by atoms with Crippen LogP contribution in [0.3, 0.4) is 0 Å². The van der Waals surface area contributed by atoms with Crippen LogP contribution in [0.2, 0.25) is 0 Å². The van der Waals surface area contributed by atoms with Gasteiger partial charge < -0.3 is 10.6 Å². The van der Waals surface area contributed by atoms with E-state index in [0.717, 1.165) is 5.56 Å². The molecular weight excluding hydrogens is 474 g/mol. The fourth-order valence-corrected chi connectivity index (χ4v) is 2.95. The molecular formula is C20H22FIN4O2. The number of nitrogens with zero attached hydrogens (tertiary/aromatic N) is 2. The van der Waals surface area contributed by atoms with Crippen LogP contribution in [0.25, 0.3) is 0 Å². The van der Waals surface area contributed by atoms with Crippen molar-refractivity contribution < 1.29 is 14.0 Å². The molecule has 8 heteroatoms. The van der Waals surface area contributed by atoms with Crippen molar-refractivity contribution in [3.8, 4) is 0 Å². The predicted octanol–water partition coefficient (Wildman–Crippen LogP) is 2.71. The summed E-state index contributed by atoms with van der Waals surface area (Å²) in [6.45, 7) is 2.80. The number of nitrogens with one attached hydrogen (secondary N) is 2. The first kappa shape index (κ1) is 21.8. The lowest BCUT2D eigenvalue weighted by Crippen LogP contribution is -2.42. The number of aliphatic imine (C=N–C) groups is 1. The summed E-state index contributed by atoms with van der Waals surface area (Å²) >= 11 is 0. The third-order valence-corrected chi connectivity index (χ3v) is 4.41. The summed E-state index contributed by atoms with van der Waals surface area (Å²) in [6, 6.07) is 11.7. The van der Waals surface area contributed by atoms with Gasteiger partial charge in [0, 0.05) is 26.7 Å². The van der Waals surface area contributed by atoms with Crippen LogP contribution in [-0.4, -0.2) is 42.8 Å². The van der Waals surface area contributed by atoms with Crippen molar-refractivity contribution in [1.29, 1.82) is 0 Å². The van der Waals surface area contributed by atoms with E-state index in [2.05, 4.69) is 15.6 Å². The van der Waals surface area contributed by atoms with Gasteiger partial charge in [0.05, 0.1) is 11.1 Å². The van der Waals surface area contributed by atoms with E-state index in [1.165, 1.54) is 11.0 Å². The molecule has 1 aliphatic heterocycles. The average Bonchev–Trinajstić information content (AvgIpc) is 2.92. The van der Waals surface area contributed by atoms with Gasteiger partial charge in [0.25, 0.3) is 11.8 Å². The van der Waals surface area contributed by atoms with Crippen LogP contribution in [0.5, 0.6) is 0 Å². The van der Waals surface area contributed by atoms with Crippen LogP contribution in [0, 0.1) is 12.7 Å². The zero-order valence-electron chi connectivity index (χ0n) is 15.7. The van der Waals surface area contributed by atoms with Crippen LogP contribution in [0.1, 0.15) is 31.8 Å². The third kappa shape index (κ3) is 4.67. The molecule has 3 rings (SSSR count). The highest BCUT2D eigenvalue weighted by atomic mass is 127. The normalized spacial score (nSPS) is 13.2. The topological polar surface area (TPSA) is 73.8 Å². The summed E-state index contributed by atoms with van der Waals surface area (Å²) < 4.78 is 13.3. The number of amides is 2. The minimum absolute atomic E-state index is 0. The molecule has 6 nitrogen and oxygen atoms in total. The molecule has 148 valence electrons. The Labute approximate surface area is 180 Å². The van der Waals surface area contributed by atoms with Gasteiger partial charge in [0.1, 0.15) is 5.82 Å². The Morgan fingerprint density at radius 3 is 2.29 bits per heavy atom. The SMILES string of the molecule is CN=C(NCCN1C(=O)c2ccccc2C1=O)NCc1ccc(F)c(C)c1.I. The van der Waals surface area contributed by atoms with E-state index in [0.29, 0.717) is 35.7 Å². The van der Waals surface area contributed by atoms with Crippen LogP contribution in [0.15, 0.2) is 47.5 Å². The largest absolute Gasteiger partial charge is 0.355 e. The quantitative estimate of drug-likeness (QED) is 0.289. The first-order valence-corrected chi connectivity index (χ1v) is 8.66. The lowest BCUT2D eigenvalue weighted by molar-refractivity contribution is 0.0657. The third-order valence-electron chi connectivity index (χ3n) is 4.41. The van der Waals surface area contributed by atoms with E-state index in [9.17, 15) is 14.0 Å². The van der Waals surface area contributed by atoms with Crippen molar-refractivity contribution >= 4 is 41.8 Å². The Kier molecular flexibility index (Phi) is 7.50. The van der Waals surface area contributed by atoms with E-state index < -0.39 is 0 Å². The summed E-state index contributed by atoms with van der Waals surface area (Å²) in [5.74, 6) is -0.250. The summed E-state index contributed by atoms with van der Waals surface area (Å²) in [4.78, 5) is 30.0. The molecule has 0 spiro atoms. The number of aryl methyl sites for hydroxylation is 1. The first-order valence-electron chi connectivity index (χ1n) is 8.66. The zero-order chi connectivity index (χ0) is 19.4. The molecule has 0 atom stereocenters. The number of carbonyl (C=O) groups is 2. The van der Waals surface area contributed by atoms with Crippen molar-refractivity contribution in [2.24, 2.45) is 4.99 Å². The Morgan fingerprint density at radius 2 is 1.71 bits per heavy atom. The number of fused-ring (bicyclic) bond motifs is 1. The van der Waals surface area contributed by atoms with Gasteiger partial charge in [-0.25, -0.2) is 4.39 Å². The molecule has 0 radical (unpaired) electrons. The van der Waals surface area contributed by atoms with Crippen LogP contribution in [-0.2, 0) is 6.54 Å². The van der Waals surface area contributed by atoms with E-state index in [-0.39, 0.29) is 48.2 Å². The molecule has 0 unspecified atom stereocenters. The van der Waals surface area contributed by atoms with Gasteiger partial charge in [-0.3, -0.25) is 19.5 Å². The molecule has 1 aliphatic rings. The lowest BCUT2D eigenvalue weighted by atomic mass is 10.1. The molecule has 2 aromatic rings. The minimum Gasteiger partial charge on any atom is -0.355 e. The fraction of sp³-hybridized carbons (Fsp3) is 0.250. The number of halogens is 2. The smallest absolute Gasteiger partial charge is 0.261 e. The molecule has 0 saturated carbocycles. The van der Waals surface area contributed by atoms with Gasteiger partial charge in [0.2, 0.25) is 0 Å². The van der Waals surface area contributed by atoms with Crippen molar-refractivity contribution in [2.75, 3.05) is 20.1 Å². The van der Waals surface area contributed by atoms with Crippen molar-refractivity contribution in [3.63, 3.8) is 0 Å². The van der Waals surface area contributed by atoms with E-state index in [1.807, 2.05) is 0 Å². The van der Waals surface area contributed by atoms with E-state index >= 15 is 0 Å². The number of guanidine groups is 1. The second-order valence-electron chi connectivity index (χ2n) is 6.24. The van der Waals surface area contributed by atoms with E-state index in [4.69, 9.17) is 0 Å². The molecule has 0 aromatic heterocycles. The Bertz CT molecular complexity index is 882. The molecule has 2 N–H and O–H groups in total. The molecule has 0 aliphatic carbocycles. The Hall–Kier alpha value is -2.49. The summed E-state index contributed by atoms with van der Waals surface area (Å²) in [7, 11) is 1.63. The number of carbonyl (C=O) groups excluding carboxylic acids is 2. The first-order chi connectivity index (χ1) is 13.0. The number of hydrogen-bond donors (Lipinski definition) is 2. The molecule has 0 bridgehead atoms. The zero-order valence-corrected chi connectivity index (χ0v) is 18.0. The second-order valence-corrected chi connectivity index (χ2v) is 6.24. The standard InChI is InChI=1S/C20H21FN4O2.HI/c1-13-11-14(7-8-17(13)21)12-24-20(22-2)23-9-10-25-18(26)15-5-3-4-6-16(15)19(25)27;/h3-8,11H,9-10,12H2,1-2H3,(H2,22,23,24);1H. The van der Waals surface area contributed by atoms with Crippen LogP contribution in [0.4, 0.5) is 4.39 Å². The fourth-order valence-electron chi connectivity index (χ4n) is 2.95. The van der Waals surface area contributed by atoms with Gasteiger partial charge in [-0.05, 0) is 36.2 Å². The van der Waals surface area contributed by atoms with Crippen LogP contribution < -0.4 is 10.6 Å². The van der Waals surface area contributed by atoms with Crippen molar-refractivity contribution in [3.05, 3.63) is 70.5 Å². The molecule has 28 heavy (non-hydrogen) atoms. The number of rotatable bonds is 5. The van der Waals surface area contributed by atoms with Gasteiger partial charge in [-0.2, -0.15) is 0 Å². The molecule has 2 amide bonds. The maximum atomic E-state index is 13.3. The second kappa shape index (κ2) is 9.63. The minimum atomic E-state index is -0.276. The molecule has 2 aromatic carbocycles. The highest BCUT2D eigenvalue weighted by molar-refractivity contribution is 14.0. The highest BCUT2D eigenvalue weighted by Crippen LogP contribution is 2.21. The van der Waals surface area contributed by atoms with Crippen molar-refractivity contribution in [1.82, 2.24) is 15.5 Å². The van der Waals surface area contributed by atoms with Crippen LogP contribution >= 0.6 is 24.0 Å². The Morgan fingerprint density at radius 1 is 1.07 bits per heavy atom. The lowest BCUT2D eigenvalue weighted by Gasteiger charge is -2.16. The summed E-state index contributed by atoms with van der Waals surface area (Å²) in [5.41, 5.74) is 2.40. The summed E-state index contributed by atoms with van der Waals surface area (Å²) in [6.07, 6.45) is 0. The van der Waals surface area contributed by atoms with Gasteiger partial charge in [-0.15, -0.1) is 24.0 Å².